The minimum atomic E-state index is -1.34. The fourth-order valence-electron chi connectivity index (χ4n) is 2.33. The highest BCUT2D eigenvalue weighted by Gasteiger charge is 2.47. The number of hydrogen-bond acceptors (Lipinski definition) is 8. The number of nitrogen functional groups attached to an aromatic ring is 1. The molecule has 1 saturated heterocycles. The van der Waals surface area contributed by atoms with Gasteiger partial charge >= 0.3 is 0 Å². The zero-order valence-electron chi connectivity index (χ0n) is 10.7. The van der Waals surface area contributed by atoms with E-state index in [1.165, 1.54) is 17.2 Å². The number of rotatable bonds is 2. The molecular weight excluding hydrogens is 278 g/mol. The molecule has 3 rings (SSSR count). The summed E-state index contributed by atoms with van der Waals surface area (Å²) in [5.41, 5.74) is 6.37. The van der Waals surface area contributed by atoms with Crippen LogP contribution in [0.1, 0.15) is 6.23 Å². The Bertz CT molecular complexity index is 711. The van der Waals surface area contributed by atoms with Gasteiger partial charge in [0.15, 0.2) is 17.7 Å². The molecule has 110 valence electrons. The number of ether oxygens (including phenoxy) is 1. The van der Waals surface area contributed by atoms with Gasteiger partial charge in [-0.25, -0.2) is 15.0 Å². The van der Waals surface area contributed by atoms with Crippen molar-refractivity contribution in [2.75, 3.05) is 5.73 Å². The highest BCUT2D eigenvalue weighted by Crippen LogP contribution is 2.33. The number of fused-ring (bicyclic) bond motifs is 1. The van der Waals surface area contributed by atoms with Crippen LogP contribution >= 0.6 is 0 Å². The summed E-state index contributed by atoms with van der Waals surface area (Å²) in [4.78, 5) is 11.9. The molecule has 5 atom stereocenters. The molecule has 0 aliphatic carbocycles. The van der Waals surface area contributed by atoms with Crippen molar-refractivity contribution in [3.8, 4) is 12.3 Å². The van der Waals surface area contributed by atoms with Gasteiger partial charge in [0.05, 0.1) is 6.33 Å². The van der Waals surface area contributed by atoms with Crippen LogP contribution in [0.3, 0.4) is 0 Å². The smallest absolute Gasteiger partial charge is 0.167 e. The van der Waals surface area contributed by atoms with Gasteiger partial charge < -0.3 is 25.8 Å². The number of hydrogen-bond donors (Lipinski definition) is 4. The van der Waals surface area contributed by atoms with Gasteiger partial charge in [0.1, 0.15) is 36.3 Å². The summed E-state index contributed by atoms with van der Waals surface area (Å²) in [7, 11) is 0. The van der Waals surface area contributed by atoms with Crippen LogP contribution in [0.5, 0.6) is 0 Å². The second-order valence-electron chi connectivity index (χ2n) is 4.67. The van der Waals surface area contributed by atoms with Crippen molar-refractivity contribution in [3.05, 3.63) is 12.7 Å². The fraction of sp³-hybridized carbons (Fsp3) is 0.417. The van der Waals surface area contributed by atoms with Crippen LogP contribution in [0.2, 0.25) is 0 Å². The first-order chi connectivity index (χ1) is 10.0. The van der Waals surface area contributed by atoms with E-state index in [4.69, 9.17) is 16.9 Å². The Hall–Kier alpha value is -2.25. The zero-order valence-corrected chi connectivity index (χ0v) is 10.7. The van der Waals surface area contributed by atoms with E-state index in [1.54, 1.807) is 0 Å². The summed E-state index contributed by atoms with van der Waals surface area (Å²) in [5, 5.41) is 29.6. The Balaban J connectivity index is 2.00. The van der Waals surface area contributed by atoms with Crippen LogP contribution in [0.15, 0.2) is 12.7 Å². The summed E-state index contributed by atoms with van der Waals surface area (Å²) in [6, 6.07) is 0. The van der Waals surface area contributed by atoms with Crippen LogP contribution in [0.4, 0.5) is 5.82 Å². The van der Waals surface area contributed by atoms with E-state index in [0.29, 0.717) is 11.2 Å². The van der Waals surface area contributed by atoms with Gasteiger partial charge in [-0.05, 0) is 0 Å². The monoisotopic (exact) mass is 291 g/mol. The zero-order chi connectivity index (χ0) is 15.1. The summed E-state index contributed by atoms with van der Waals surface area (Å²) in [5.74, 6) is 2.25. The van der Waals surface area contributed by atoms with E-state index in [-0.39, 0.29) is 5.82 Å². The molecular formula is C12H13N5O4. The number of imidazole rings is 1. The molecule has 1 fully saturated rings. The van der Waals surface area contributed by atoms with Gasteiger partial charge in [0, 0.05) is 0 Å². The third-order valence-corrected chi connectivity index (χ3v) is 3.42. The molecule has 0 spiro atoms. The quantitative estimate of drug-likeness (QED) is 0.467. The van der Waals surface area contributed by atoms with E-state index in [1.807, 2.05) is 0 Å². The van der Waals surface area contributed by atoms with E-state index >= 15 is 0 Å². The highest BCUT2D eigenvalue weighted by molar-refractivity contribution is 5.81. The Labute approximate surface area is 119 Å². The number of aliphatic hydroxyl groups excluding tert-OH is 3. The maximum absolute atomic E-state index is 10.1. The Morgan fingerprint density at radius 1 is 1.33 bits per heavy atom. The molecule has 1 aliphatic heterocycles. The lowest BCUT2D eigenvalue weighted by Crippen LogP contribution is -2.37. The Morgan fingerprint density at radius 2 is 2.10 bits per heavy atom. The van der Waals surface area contributed by atoms with Crippen LogP contribution < -0.4 is 5.73 Å². The molecule has 9 heteroatoms. The first-order valence-corrected chi connectivity index (χ1v) is 6.13. The number of nitrogens with two attached hydrogens (primary N) is 1. The van der Waals surface area contributed by atoms with Crippen LogP contribution in [0.25, 0.3) is 11.2 Å². The first kappa shape index (κ1) is 13.7. The maximum atomic E-state index is 10.1. The second-order valence-corrected chi connectivity index (χ2v) is 4.67. The summed E-state index contributed by atoms with van der Waals surface area (Å²) in [6.07, 6.45) is 1.65. The largest absolute Gasteiger partial charge is 0.387 e. The SMILES string of the molecule is C#C[C@H](O)[C@H]1OC(n2cnc3c(N)ncnc32)[C@H](O)[C@@H]1O. The van der Waals surface area contributed by atoms with Crippen LogP contribution in [-0.2, 0) is 4.74 Å². The lowest BCUT2D eigenvalue weighted by atomic mass is 10.1. The molecule has 1 unspecified atom stereocenters. The van der Waals surface area contributed by atoms with Gasteiger partial charge in [-0.2, -0.15) is 0 Å². The average Bonchev–Trinajstić information content (AvgIpc) is 3.02. The van der Waals surface area contributed by atoms with Crippen LogP contribution in [-0.4, -0.2) is 59.3 Å². The second kappa shape index (κ2) is 4.94. The standard InChI is InChI=1S/C12H13N5O4/c1-2-5(18)9-7(19)8(20)12(21-9)17-4-16-6-10(13)14-3-15-11(6)17/h1,3-5,7-9,12,18-20H,(H2,13,14,15)/t5-,7-,8+,9+,12?/m0/s1. The molecule has 0 aromatic carbocycles. The van der Waals surface area contributed by atoms with Crippen molar-refractivity contribution in [1.29, 1.82) is 0 Å². The van der Waals surface area contributed by atoms with Crippen molar-refractivity contribution >= 4 is 17.0 Å². The third kappa shape index (κ3) is 2.01. The molecule has 3 heterocycles. The fourth-order valence-corrected chi connectivity index (χ4v) is 2.33. The minimum Gasteiger partial charge on any atom is -0.387 e. The molecule has 0 bridgehead atoms. The van der Waals surface area contributed by atoms with Gasteiger partial charge in [-0.1, -0.05) is 5.92 Å². The Morgan fingerprint density at radius 3 is 2.81 bits per heavy atom. The van der Waals surface area contributed by atoms with Crippen molar-refractivity contribution in [3.63, 3.8) is 0 Å². The molecule has 2 aromatic heterocycles. The number of anilines is 1. The van der Waals surface area contributed by atoms with E-state index in [0.717, 1.165) is 0 Å². The van der Waals surface area contributed by atoms with E-state index in [9.17, 15) is 15.3 Å². The normalized spacial score (nSPS) is 30.4. The molecule has 0 radical (unpaired) electrons. The molecule has 0 amide bonds. The lowest BCUT2D eigenvalue weighted by molar-refractivity contribution is -0.0673. The van der Waals surface area contributed by atoms with E-state index in [2.05, 4.69) is 20.9 Å². The van der Waals surface area contributed by atoms with Crippen molar-refractivity contribution in [2.45, 2.75) is 30.6 Å². The third-order valence-electron chi connectivity index (χ3n) is 3.42. The number of nitrogens with zero attached hydrogens (tertiary/aromatic N) is 4. The topological polar surface area (TPSA) is 140 Å². The number of aliphatic hydroxyl groups is 3. The molecule has 5 N–H and O–H groups in total. The molecule has 9 nitrogen and oxygen atoms in total. The Kier molecular flexibility index (Phi) is 3.23. The summed E-state index contributed by atoms with van der Waals surface area (Å²) >= 11 is 0. The molecule has 0 saturated carbocycles. The van der Waals surface area contributed by atoms with Crippen molar-refractivity contribution in [1.82, 2.24) is 19.5 Å². The van der Waals surface area contributed by atoms with Gasteiger partial charge in [0.25, 0.3) is 0 Å². The molecule has 1 aliphatic rings. The molecule has 2 aromatic rings. The van der Waals surface area contributed by atoms with Gasteiger partial charge in [-0.3, -0.25) is 4.57 Å². The van der Waals surface area contributed by atoms with E-state index < -0.39 is 30.6 Å². The molecule has 21 heavy (non-hydrogen) atoms. The summed E-state index contributed by atoms with van der Waals surface area (Å²) in [6.45, 7) is 0. The van der Waals surface area contributed by atoms with Gasteiger partial charge in [-0.15, -0.1) is 6.42 Å². The number of terminal acetylenes is 1. The predicted octanol–water partition coefficient (Wildman–Crippen LogP) is -1.98. The van der Waals surface area contributed by atoms with Crippen molar-refractivity contribution < 1.29 is 20.1 Å². The van der Waals surface area contributed by atoms with Crippen LogP contribution in [0, 0.1) is 12.3 Å². The number of aromatic nitrogens is 4. The summed E-state index contributed by atoms with van der Waals surface area (Å²) < 4.78 is 6.87. The maximum Gasteiger partial charge on any atom is 0.167 e. The highest BCUT2D eigenvalue weighted by atomic mass is 16.6. The van der Waals surface area contributed by atoms with Crippen molar-refractivity contribution in [2.24, 2.45) is 0 Å². The lowest BCUT2D eigenvalue weighted by Gasteiger charge is -2.16. The van der Waals surface area contributed by atoms with Gasteiger partial charge in [0.2, 0.25) is 0 Å². The predicted molar refractivity (Wildman–Crippen MR) is 70.5 cm³/mol. The minimum absolute atomic E-state index is 0.187. The first-order valence-electron chi connectivity index (χ1n) is 6.13. The average molecular weight is 291 g/mol.